The third-order valence-corrected chi connectivity index (χ3v) is 4.68. The van der Waals surface area contributed by atoms with Gasteiger partial charge in [0.25, 0.3) is 0 Å². The van der Waals surface area contributed by atoms with Crippen molar-refractivity contribution in [2.24, 2.45) is 0 Å². The van der Waals surface area contributed by atoms with Gasteiger partial charge in [-0.25, -0.2) is 13.4 Å². The number of benzene rings is 1. The van der Waals surface area contributed by atoms with Crippen molar-refractivity contribution in [3.63, 3.8) is 0 Å². The first-order chi connectivity index (χ1) is 8.48. The molecule has 1 heterocycles. The Kier molecular flexibility index (Phi) is 2.38. The highest BCUT2D eigenvalue weighted by Gasteiger charge is 2.25. The lowest BCUT2D eigenvalue weighted by Gasteiger charge is -2.28. The number of hydrogen-bond acceptors (Lipinski definition) is 4. The maximum atomic E-state index is 11.7. The monoisotopic (exact) mass is 265 g/mol. The van der Waals surface area contributed by atoms with Gasteiger partial charge >= 0.3 is 0 Å². The molecule has 3 rings (SSSR count). The molecule has 5 nitrogen and oxygen atoms in total. The predicted octanol–water partition coefficient (Wildman–Crippen LogP) is 1.75. The molecule has 0 unspecified atom stereocenters. The fourth-order valence-electron chi connectivity index (χ4n) is 2.44. The van der Waals surface area contributed by atoms with Gasteiger partial charge in [-0.2, -0.15) is 0 Å². The minimum atomic E-state index is -3.28. The number of fused-ring (bicyclic) bond motifs is 1. The molecular formula is C12H15N3O2S. The van der Waals surface area contributed by atoms with Crippen molar-refractivity contribution >= 4 is 26.8 Å². The number of nitrogen functional groups attached to an aromatic ring is 1. The summed E-state index contributed by atoms with van der Waals surface area (Å²) in [6, 6.07) is 5.57. The summed E-state index contributed by atoms with van der Waals surface area (Å²) >= 11 is 0. The van der Waals surface area contributed by atoms with Crippen LogP contribution in [0.1, 0.15) is 25.3 Å². The van der Waals surface area contributed by atoms with Crippen LogP contribution in [-0.4, -0.2) is 24.2 Å². The first-order valence-electron chi connectivity index (χ1n) is 5.95. The van der Waals surface area contributed by atoms with Crippen LogP contribution in [0.2, 0.25) is 0 Å². The van der Waals surface area contributed by atoms with Gasteiger partial charge in [0.2, 0.25) is 5.95 Å². The maximum absolute atomic E-state index is 11.7. The number of nitrogens with zero attached hydrogens (tertiary/aromatic N) is 2. The van der Waals surface area contributed by atoms with Crippen LogP contribution in [0.4, 0.5) is 5.95 Å². The van der Waals surface area contributed by atoms with Crippen LogP contribution in [0.5, 0.6) is 0 Å². The van der Waals surface area contributed by atoms with E-state index >= 15 is 0 Å². The summed E-state index contributed by atoms with van der Waals surface area (Å²) in [5, 5.41) is 0. The van der Waals surface area contributed by atoms with Crippen LogP contribution in [-0.2, 0) is 9.84 Å². The van der Waals surface area contributed by atoms with Crippen molar-refractivity contribution in [2.75, 3.05) is 12.0 Å². The van der Waals surface area contributed by atoms with Gasteiger partial charge in [-0.1, -0.05) is 6.07 Å². The Bertz CT molecular complexity index is 714. The van der Waals surface area contributed by atoms with E-state index in [-0.39, 0.29) is 4.90 Å². The molecule has 0 atom stereocenters. The van der Waals surface area contributed by atoms with Crippen molar-refractivity contribution in [3.05, 3.63) is 18.2 Å². The summed E-state index contributed by atoms with van der Waals surface area (Å²) in [5.74, 6) is 0.408. The molecule has 0 spiro atoms. The minimum absolute atomic E-state index is 0.254. The van der Waals surface area contributed by atoms with E-state index in [1.54, 1.807) is 12.1 Å². The molecule has 1 fully saturated rings. The van der Waals surface area contributed by atoms with Gasteiger partial charge in [0.05, 0.1) is 10.4 Å². The summed E-state index contributed by atoms with van der Waals surface area (Å²) in [5.41, 5.74) is 7.24. The maximum Gasteiger partial charge on any atom is 0.201 e. The average Bonchev–Trinajstić information content (AvgIpc) is 2.52. The van der Waals surface area contributed by atoms with Gasteiger partial charge in [-0.15, -0.1) is 0 Å². The second kappa shape index (κ2) is 3.71. The Morgan fingerprint density at radius 2 is 2.11 bits per heavy atom. The molecule has 0 bridgehead atoms. The fourth-order valence-corrected chi connectivity index (χ4v) is 3.26. The zero-order chi connectivity index (χ0) is 12.9. The van der Waals surface area contributed by atoms with Crippen molar-refractivity contribution in [1.29, 1.82) is 0 Å². The van der Waals surface area contributed by atoms with Crippen molar-refractivity contribution in [2.45, 2.75) is 30.2 Å². The second-order valence-electron chi connectivity index (χ2n) is 4.82. The molecule has 6 heteroatoms. The number of imidazole rings is 1. The molecule has 1 aromatic heterocycles. The highest BCUT2D eigenvalue weighted by atomic mass is 32.2. The standard InChI is InChI=1S/C12H15N3O2S/c1-18(16,17)10-7-3-6-9-11(10)14-12(13)15(9)8-4-2-5-8/h3,6-8H,2,4-5H2,1H3,(H2,13,14). The normalized spacial score (nSPS) is 16.9. The van der Waals surface area contributed by atoms with Gasteiger partial charge in [-0.05, 0) is 31.4 Å². The second-order valence-corrected chi connectivity index (χ2v) is 6.80. The number of nitrogens with two attached hydrogens (primary N) is 1. The van der Waals surface area contributed by atoms with Crippen LogP contribution >= 0.6 is 0 Å². The van der Waals surface area contributed by atoms with E-state index in [4.69, 9.17) is 5.73 Å². The summed E-state index contributed by atoms with van der Waals surface area (Å²) in [4.78, 5) is 4.50. The van der Waals surface area contributed by atoms with Crippen molar-refractivity contribution in [1.82, 2.24) is 9.55 Å². The van der Waals surface area contributed by atoms with Crippen molar-refractivity contribution < 1.29 is 8.42 Å². The van der Waals surface area contributed by atoms with Crippen LogP contribution < -0.4 is 5.73 Å². The van der Waals surface area contributed by atoms with Gasteiger partial charge in [0.1, 0.15) is 5.52 Å². The minimum Gasteiger partial charge on any atom is -0.369 e. The number of aromatic nitrogens is 2. The Hall–Kier alpha value is -1.56. The van der Waals surface area contributed by atoms with E-state index in [9.17, 15) is 8.42 Å². The summed E-state index contributed by atoms with van der Waals surface area (Å²) in [7, 11) is -3.28. The Labute approximate surface area is 106 Å². The highest BCUT2D eigenvalue weighted by Crippen LogP contribution is 2.37. The largest absolute Gasteiger partial charge is 0.369 e. The SMILES string of the molecule is CS(=O)(=O)c1cccc2c1nc(N)n2C1CCC1. The third-order valence-electron chi connectivity index (χ3n) is 3.55. The molecule has 0 saturated heterocycles. The van der Waals surface area contributed by atoms with Crippen LogP contribution in [0, 0.1) is 0 Å². The van der Waals surface area contributed by atoms with E-state index in [1.165, 1.54) is 12.7 Å². The molecule has 0 aliphatic heterocycles. The molecule has 18 heavy (non-hydrogen) atoms. The number of para-hydroxylation sites is 1. The molecule has 1 aromatic carbocycles. The van der Waals surface area contributed by atoms with E-state index in [0.717, 1.165) is 18.4 Å². The molecule has 1 aliphatic carbocycles. The Morgan fingerprint density at radius 1 is 1.39 bits per heavy atom. The summed E-state index contributed by atoms with van der Waals surface area (Å²) in [6.07, 6.45) is 4.55. The van der Waals surface area contributed by atoms with Crippen LogP contribution in [0.3, 0.4) is 0 Å². The molecule has 96 valence electrons. The molecule has 1 aliphatic rings. The molecule has 2 N–H and O–H groups in total. The van der Waals surface area contributed by atoms with E-state index < -0.39 is 9.84 Å². The quantitative estimate of drug-likeness (QED) is 0.897. The van der Waals surface area contributed by atoms with Crippen LogP contribution in [0.15, 0.2) is 23.1 Å². The Balaban J connectivity index is 2.31. The molecular weight excluding hydrogens is 250 g/mol. The van der Waals surface area contributed by atoms with Gasteiger partial charge in [0.15, 0.2) is 9.84 Å². The molecule has 2 aromatic rings. The number of sulfone groups is 1. The number of anilines is 1. The first-order valence-corrected chi connectivity index (χ1v) is 7.84. The highest BCUT2D eigenvalue weighted by molar-refractivity contribution is 7.91. The lowest BCUT2D eigenvalue weighted by molar-refractivity contribution is 0.324. The average molecular weight is 265 g/mol. The van der Waals surface area contributed by atoms with Gasteiger partial charge in [-0.3, -0.25) is 0 Å². The zero-order valence-corrected chi connectivity index (χ0v) is 10.9. The van der Waals surface area contributed by atoms with Gasteiger partial charge in [0, 0.05) is 12.3 Å². The smallest absolute Gasteiger partial charge is 0.201 e. The van der Waals surface area contributed by atoms with Crippen LogP contribution in [0.25, 0.3) is 11.0 Å². The lowest BCUT2D eigenvalue weighted by atomic mass is 9.93. The third kappa shape index (κ3) is 1.59. The fraction of sp³-hybridized carbons (Fsp3) is 0.417. The van der Waals surface area contributed by atoms with E-state index in [0.29, 0.717) is 17.5 Å². The predicted molar refractivity (Wildman–Crippen MR) is 70.1 cm³/mol. The van der Waals surface area contributed by atoms with E-state index in [2.05, 4.69) is 4.98 Å². The lowest BCUT2D eigenvalue weighted by Crippen LogP contribution is -2.18. The van der Waals surface area contributed by atoms with Gasteiger partial charge < -0.3 is 10.3 Å². The zero-order valence-electron chi connectivity index (χ0n) is 10.1. The molecule has 1 saturated carbocycles. The summed E-state index contributed by atoms with van der Waals surface area (Å²) < 4.78 is 25.4. The number of hydrogen-bond donors (Lipinski definition) is 1. The Morgan fingerprint density at radius 3 is 2.67 bits per heavy atom. The molecule has 0 radical (unpaired) electrons. The molecule has 0 amide bonds. The topological polar surface area (TPSA) is 78.0 Å². The van der Waals surface area contributed by atoms with Crippen molar-refractivity contribution in [3.8, 4) is 0 Å². The number of rotatable bonds is 2. The first kappa shape index (κ1) is 11.5. The summed E-state index contributed by atoms with van der Waals surface area (Å²) in [6.45, 7) is 0. The van der Waals surface area contributed by atoms with E-state index in [1.807, 2.05) is 10.6 Å².